The molecule has 0 radical (unpaired) electrons. The summed E-state index contributed by atoms with van der Waals surface area (Å²) >= 11 is 6.21. The molecule has 0 amide bonds. The van der Waals surface area contributed by atoms with Crippen LogP contribution in [0.25, 0.3) is 0 Å². The molecular weight excluding hydrogens is 256 g/mol. The molecule has 0 aliphatic heterocycles. The molecule has 1 unspecified atom stereocenters. The van der Waals surface area contributed by atoms with Gasteiger partial charge < -0.3 is 0 Å². The lowest BCUT2D eigenvalue weighted by molar-refractivity contribution is 0.313. The predicted molar refractivity (Wildman–Crippen MR) is 82.1 cm³/mol. The zero-order valence-corrected chi connectivity index (χ0v) is 12.3. The van der Waals surface area contributed by atoms with E-state index < -0.39 is 0 Å². The Hall–Kier alpha value is -0.570. The maximum absolute atomic E-state index is 6.21. The monoisotopic (exact) mass is 280 g/mol. The van der Waals surface area contributed by atoms with Gasteiger partial charge in [0, 0.05) is 11.1 Å². The average molecular weight is 281 g/mol. The van der Waals surface area contributed by atoms with E-state index in [1.54, 1.807) is 0 Å². The third-order valence-corrected chi connectivity index (χ3v) is 4.68. The Morgan fingerprint density at radius 3 is 2.63 bits per heavy atom. The Morgan fingerprint density at radius 1 is 1.21 bits per heavy atom. The molecule has 1 atom stereocenters. The number of nitrogens with one attached hydrogen (secondary N) is 1. The van der Waals surface area contributed by atoms with Crippen LogP contribution in [0.5, 0.6) is 0 Å². The van der Waals surface area contributed by atoms with Crippen molar-refractivity contribution in [2.45, 2.75) is 57.4 Å². The van der Waals surface area contributed by atoms with Crippen LogP contribution in [0.15, 0.2) is 24.3 Å². The second-order valence-corrected chi connectivity index (χ2v) is 6.15. The molecule has 1 fully saturated rings. The van der Waals surface area contributed by atoms with Crippen molar-refractivity contribution in [2.24, 2.45) is 11.8 Å². The second kappa shape index (κ2) is 7.88. The Balaban J connectivity index is 1.81. The zero-order chi connectivity index (χ0) is 13.5. The first kappa shape index (κ1) is 14.8. The van der Waals surface area contributed by atoms with Crippen molar-refractivity contribution in [3.8, 4) is 0 Å². The quantitative estimate of drug-likeness (QED) is 0.609. The smallest absolute Gasteiger partial charge is 0.0438 e. The van der Waals surface area contributed by atoms with Gasteiger partial charge in [0.05, 0.1) is 0 Å². The average Bonchev–Trinajstić information content (AvgIpc) is 2.46. The van der Waals surface area contributed by atoms with E-state index in [9.17, 15) is 0 Å². The van der Waals surface area contributed by atoms with Gasteiger partial charge in [0.2, 0.25) is 0 Å². The number of hydrogen-bond acceptors (Lipinski definition) is 2. The maximum atomic E-state index is 6.21. The Kier molecular flexibility index (Phi) is 6.15. The van der Waals surface area contributed by atoms with E-state index in [0.717, 1.165) is 23.8 Å². The molecular formula is C16H25ClN2. The highest BCUT2D eigenvalue weighted by Crippen LogP contribution is 2.28. The summed E-state index contributed by atoms with van der Waals surface area (Å²) in [6.45, 7) is 0. The molecule has 2 nitrogen and oxygen atoms in total. The number of nitrogens with two attached hydrogens (primary N) is 1. The van der Waals surface area contributed by atoms with Crippen LogP contribution in [0, 0.1) is 5.92 Å². The lowest BCUT2D eigenvalue weighted by Gasteiger charge is -2.24. The van der Waals surface area contributed by atoms with E-state index in [0.29, 0.717) is 6.04 Å². The Morgan fingerprint density at radius 2 is 1.95 bits per heavy atom. The fourth-order valence-corrected chi connectivity index (χ4v) is 3.30. The van der Waals surface area contributed by atoms with Crippen molar-refractivity contribution in [1.29, 1.82) is 0 Å². The van der Waals surface area contributed by atoms with Crippen molar-refractivity contribution >= 4 is 11.6 Å². The molecule has 1 saturated carbocycles. The van der Waals surface area contributed by atoms with Gasteiger partial charge in [-0.05, 0) is 36.8 Å². The predicted octanol–water partition coefficient (Wildman–Crippen LogP) is 4.07. The molecule has 1 aliphatic rings. The summed E-state index contributed by atoms with van der Waals surface area (Å²) in [7, 11) is 0. The summed E-state index contributed by atoms with van der Waals surface area (Å²) in [5.74, 6) is 6.61. The molecule has 0 saturated heterocycles. The van der Waals surface area contributed by atoms with Crippen LogP contribution in [-0.4, -0.2) is 6.04 Å². The summed E-state index contributed by atoms with van der Waals surface area (Å²) in [6.07, 6.45) is 10.4. The summed E-state index contributed by atoms with van der Waals surface area (Å²) in [5.41, 5.74) is 4.15. The zero-order valence-electron chi connectivity index (χ0n) is 11.6. The molecule has 0 heterocycles. The van der Waals surface area contributed by atoms with E-state index >= 15 is 0 Å². The van der Waals surface area contributed by atoms with Gasteiger partial charge in [-0.25, -0.2) is 0 Å². The molecule has 19 heavy (non-hydrogen) atoms. The molecule has 3 N–H and O–H groups in total. The molecule has 2 rings (SSSR count). The number of rotatable bonds is 6. The van der Waals surface area contributed by atoms with E-state index in [4.69, 9.17) is 17.4 Å². The topological polar surface area (TPSA) is 38.0 Å². The number of benzene rings is 1. The van der Waals surface area contributed by atoms with Crippen molar-refractivity contribution in [1.82, 2.24) is 5.43 Å². The van der Waals surface area contributed by atoms with Crippen LogP contribution in [0.2, 0.25) is 5.02 Å². The third kappa shape index (κ3) is 4.79. The molecule has 0 bridgehead atoms. The number of hydrazine groups is 1. The van der Waals surface area contributed by atoms with E-state index in [2.05, 4.69) is 11.5 Å². The SMILES string of the molecule is NNC(CCC1CCCCC1)Cc1ccccc1Cl. The van der Waals surface area contributed by atoms with Gasteiger partial charge >= 0.3 is 0 Å². The standard InChI is InChI=1S/C16H25ClN2/c17-16-9-5-4-8-14(16)12-15(19-18)11-10-13-6-2-1-3-7-13/h4-5,8-9,13,15,19H,1-3,6-7,10-12,18H2. The first-order valence-electron chi connectivity index (χ1n) is 7.49. The van der Waals surface area contributed by atoms with Gasteiger partial charge in [0.1, 0.15) is 0 Å². The molecule has 1 aliphatic carbocycles. The summed E-state index contributed by atoms with van der Waals surface area (Å²) in [5, 5.41) is 0.848. The van der Waals surface area contributed by atoms with Gasteiger partial charge in [0.25, 0.3) is 0 Å². The maximum Gasteiger partial charge on any atom is 0.0438 e. The minimum Gasteiger partial charge on any atom is -0.271 e. The van der Waals surface area contributed by atoms with Crippen LogP contribution < -0.4 is 11.3 Å². The van der Waals surface area contributed by atoms with Crippen molar-refractivity contribution in [2.75, 3.05) is 0 Å². The van der Waals surface area contributed by atoms with Crippen LogP contribution in [0.4, 0.5) is 0 Å². The summed E-state index contributed by atoms with van der Waals surface area (Å²) < 4.78 is 0. The normalized spacial score (nSPS) is 18.4. The van der Waals surface area contributed by atoms with E-state index in [1.807, 2.05) is 18.2 Å². The molecule has 106 valence electrons. The van der Waals surface area contributed by atoms with E-state index in [-0.39, 0.29) is 0 Å². The van der Waals surface area contributed by atoms with E-state index in [1.165, 1.54) is 44.1 Å². The molecule has 0 aromatic heterocycles. The lowest BCUT2D eigenvalue weighted by Crippen LogP contribution is -2.37. The molecule has 3 heteroatoms. The summed E-state index contributed by atoms with van der Waals surface area (Å²) in [6, 6.07) is 8.38. The first-order valence-corrected chi connectivity index (χ1v) is 7.87. The van der Waals surface area contributed by atoms with Crippen LogP contribution in [-0.2, 0) is 6.42 Å². The first-order chi connectivity index (χ1) is 9.29. The minimum absolute atomic E-state index is 0.335. The fraction of sp³-hybridized carbons (Fsp3) is 0.625. The van der Waals surface area contributed by atoms with Crippen molar-refractivity contribution < 1.29 is 0 Å². The van der Waals surface area contributed by atoms with Crippen molar-refractivity contribution in [3.63, 3.8) is 0 Å². The summed E-state index contributed by atoms with van der Waals surface area (Å²) in [4.78, 5) is 0. The third-order valence-electron chi connectivity index (χ3n) is 4.31. The second-order valence-electron chi connectivity index (χ2n) is 5.74. The minimum atomic E-state index is 0.335. The largest absolute Gasteiger partial charge is 0.271 e. The highest BCUT2D eigenvalue weighted by Gasteiger charge is 2.16. The molecule has 0 spiro atoms. The Labute approximate surface area is 121 Å². The van der Waals surface area contributed by atoms with Gasteiger partial charge in [-0.1, -0.05) is 61.9 Å². The Bertz CT molecular complexity index is 375. The lowest BCUT2D eigenvalue weighted by atomic mass is 9.84. The number of halogens is 1. The van der Waals surface area contributed by atoms with Gasteiger partial charge in [-0.2, -0.15) is 0 Å². The van der Waals surface area contributed by atoms with Gasteiger partial charge in [-0.3, -0.25) is 11.3 Å². The molecule has 1 aromatic rings. The number of hydrogen-bond donors (Lipinski definition) is 2. The highest BCUT2D eigenvalue weighted by atomic mass is 35.5. The van der Waals surface area contributed by atoms with Gasteiger partial charge in [0.15, 0.2) is 0 Å². The van der Waals surface area contributed by atoms with Crippen LogP contribution in [0.3, 0.4) is 0 Å². The molecule has 1 aromatic carbocycles. The van der Waals surface area contributed by atoms with Crippen LogP contribution >= 0.6 is 11.6 Å². The van der Waals surface area contributed by atoms with Crippen molar-refractivity contribution in [3.05, 3.63) is 34.9 Å². The van der Waals surface area contributed by atoms with Crippen LogP contribution in [0.1, 0.15) is 50.5 Å². The highest BCUT2D eigenvalue weighted by molar-refractivity contribution is 6.31. The fourth-order valence-electron chi connectivity index (χ4n) is 3.09. The van der Waals surface area contributed by atoms with Gasteiger partial charge in [-0.15, -0.1) is 0 Å².